The number of methoxy groups -OCH3 is 1. The molecule has 0 aliphatic carbocycles. The predicted molar refractivity (Wildman–Crippen MR) is 78.5 cm³/mol. The summed E-state index contributed by atoms with van der Waals surface area (Å²) in [7, 11) is 1.41. The topological polar surface area (TPSA) is 38.3 Å². The highest BCUT2D eigenvalue weighted by atomic mass is 35.5. The number of anilines is 1. The number of hydrogen-bond donors (Lipinski definition) is 1. The van der Waals surface area contributed by atoms with Gasteiger partial charge in [0.1, 0.15) is 6.04 Å². The fraction of sp³-hybridized carbons (Fsp3) is 0.462. The van der Waals surface area contributed by atoms with Gasteiger partial charge in [-0.3, -0.25) is 0 Å². The molecule has 18 heavy (non-hydrogen) atoms. The summed E-state index contributed by atoms with van der Waals surface area (Å²) >= 11 is 7.63. The molecule has 0 amide bonds. The zero-order valence-corrected chi connectivity index (χ0v) is 12.2. The number of hydrogen-bond acceptors (Lipinski definition) is 4. The van der Waals surface area contributed by atoms with Crippen LogP contribution in [0.25, 0.3) is 0 Å². The summed E-state index contributed by atoms with van der Waals surface area (Å²) in [5, 5.41) is 3.85. The maximum atomic E-state index is 11.7. The Morgan fingerprint density at radius 2 is 2.11 bits per heavy atom. The van der Waals surface area contributed by atoms with E-state index in [0.29, 0.717) is 5.02 Å². The fourth-order valence-electron chi connectivity index (χ4n) is 1.48. The highest BCUT2D eigenvalue weighted by Gasteiger charge is 2.18. The molecule has 0 spiro atoms. The Balaban J connectivity index is 2.59. The average Bonchev–Trinajstić information content (AvgIpc) is 2.39. The minimum absolute atomic E-state index is 0.235. The molecular formula is C13H18ClNO2S. The van der Waals surface area contributed by atoms with Gasteiger partial charge in [0.2, 0.25) is 0 Å². The third-order valence-electron chi connectivity index (χ3n) is 2.43. The van der Waals surface area contributed by atoms with E-state index in [4.69, 9.17) is 16.3 Å². The Labute approximate surface area is 117 Å². The summed E-state index contributed by atoms with van der Waals surface area (Å²) in [6.45, 7) is 2.10. The summed E-state index contributed by atoms with van der Waals surface area (Å²) in [5.74, 6) is 1.74. The lowest BCUT2D eigenvalue weighted by atomic mass is 10.2. The van der Waals surface area contributed by atoms with Crippen LogP contribution >= 0.6 is 23.4 Å². The van der Waals surface area contributed by atoms with E-state index in [2.05, 4.69) is 12.2 Å². The molecule has 1 aromatic rings. The second-order valence-corrected chi connectivity index (χ2v) is 5.54. The van der Waals surface area contributed by atoms with Crippen LogP contribution < -0.4 is 5.32 Å². The van der Waals surface area contributed by atoms with Gasteiger partial charge in [0.25, 0.3) is 0 Å². The first-order valence-electron chi connectivity index (χ1n) is 5.85. The van der Waals surface area contributed by atoms with Gasteiger partial charge < -0.3 is 10.1 Å². The first-order valence-corrected chi connectivity index (χ1v) is 7.38. The minimum atomic E-state index is -0.310. The van der Waals surface area contributed by atoms with E-state index in [1.165, 1.54) is 7.11 Å². The third kappa shape index (κ3) is 5.19. The highest BCUT2D eigenvalue weighted by molar-refractivity contribution is 7.99. The van der Waals surface area contributed by atoms with Crippen LogP contribution in [0.2, 0.25) is 5.02 Å². The van der Waals surface area contributed by atoms with Crippen molar-refractivity contribution in [3.63, 3.8) is 0 Å². The summed E-state index contributed by atoms with van der Waals surface area (Å²) in [6.07, 6.45) is 0.744. The zero-order valence-electron chi connectivity index (χ0n) is 10.6. The Kier molecular flexibility index (Phi) is 6.98. The molecule has 0 aliphatic rings. The Hall–Kier alpha value is -0.870. The molecule has 1 N–H and O–H groups in total. The molecule has 0 bridgehead atoms. The number of nitrogens with one attached hydrogen (secondary N) is 1. The molecule has 0 saturated heterocycles. The number of carbonyl (C=O) groups excluding carboxylic acids is 1. The van der Waals surface area contributed by atoms with Crippen molar-refractivity contribution in [3.05, 3.63) is 29.3 Å². The SMILES string of the molecule is CCSCCC(Nc1ccc(Cl)cc1)C(=O)OC. The van der Waals surface area contributed by atoms with Crippen molar-refractivity contribution < 1.29 is 9.53 Å². The lowest BCUT2D eigenvalue weighted by molar-refractivity contribution is -0.141. The lowest BCUT2D eigenvalue weighted by Crippen LogP contribution is -2.31. The van der Waals surface area contributed by atoms with Crippen LogP contribution in [-0.4, -0.2) is 30.6 Å². The van der Waals surface area contributed by atoms with Crippen molar-refractivity contribution in [3.8, 4) is 0 Å². The maximum absolute atomic E-state index is 11.7. The highest BCUT2D eigenvalue weighted by Crippen LogP contribution is 2.16. The van der Waals surface area contributed by atoms with E-state index in [9.17, 15) is 4.79 Å². The van der Waals surface area contributed by atoms with E-state index < -0.39 is 0 Å². The summed E-state index contributed by atoms with van der Waals surface area (Å²) in [4.78, 5) is 11.7. The largest absolute Gasteiger partial charge is 0.467 e. The van der Waals surface area contributed by atoms with Crippen molar-refractivity contribution in [1.29, 1.82) is 0 Å². The van der Waals surface area contributed by atoms with Gasteiger partial charge in [-0.25, -0.2) is 4.79 Å². The van der Waals surface area contributed by atoms with Gasteiger partial charge in [-0.05, 0) is 42.2 Å². The molecule has 0 saturated carbocycles. The molecule has 0 fully saturated rings. The van der Waals surface area contributed by atoms with E-state index in [0.717, 1.165) is 23.6 Å². The molecular weight excluding hydrogens is 270 g/mol. The third-order valence-corrected chi connectivity index (χ3v) is 3.61. The molecule has 0 aliphatic heterocycles. The Morgan fingerprint density at radius 3 is 2.67 bits per heavy atom. The van der Waals surface area contributed by atoms with Crippen LogP contribution in [0.1, 0.15) is 13.3 Å². The number of ether oxygens (including phenoxy) is 1. The molecule has 1 aromatic carbocycles. The van der Waals surface area contributed by atoms with E-state index in [-0.39, 0.29) is 12.0 Å². The molecule has 3 nitrogen and oxygen atoms in total. The lowest BCUT2D eigenvalue weighted by Gasteiger charge is -2.17. The number of thioether (sulfide) groups is 1. The second-order valence-electron chi connectivity index (χ2n) is 3.71. The van der Waals surface area contributed by atoms with Gasteiger partial charge in [-0.1, -0.05) is 18.5 Å². The summed E-state index contributed by atoms with van der Waals surface area (Å²) < 4.78 is 4.80. The molecule has 1 unspecified atom stereocenters. The fourth-order valence-corrected chi connectivity index (χ4v) is 2.30. The van der Waals surface area contributed by atoms with E-state index >= 15 is 0 Å². The van der Waals surface area contributed by atoms with Crippen molar-refractivity contribution in [2.24, 2.45) is 0 Å². The van der Waals surface area contributed by atoms with Gasteiger partial charge >= 0.3 is 5.97 Å². The van der Waals surface area contributed by atoms with Crippen molar-refractivity contribution >= 4 is 35.0 Å². The Morgan fingerprint density at radius 1 is 1.44 bits per heavy atom. The first-order chi connectivity index (χ1) is 8.67. The molecule has 1 rings (SSSR count). The molecule has 5 heteroatoms. The van der Waals surface area contributed by atoms with Gasteiger partial charge in [0.15, 0.2) is 0 Å². The average molecular weight is 288 g/mol. The van der Waals surface area contributed by atoms with Gasteiger partial charge in [-0.15, -0.1) is 0 Å². The standard InChI is InChI=1S/C13H18ClNO2S/c1-3-18-9-8-12(13(16)17-2)15-11-6-4-10(14)5-7-11/h4-7,12,15H,3,8-9H2,1-2H3. The summed E-state index contributed by atoms with van der Waals surface area (Å²) in [6, 6.07) is 6.98. The predicted octanol–water partition coefficient (Wildman–Crippen LogP) is 3.44. The molecule has 0 heterocycles. The second kappa shape index (κ2) is 8.27. The number of rotatable bonds is 7. The van der Waals surface area contributed by atoms with Crippen LogP contribution in [0, 0.1) is 0 Å². The number of halogens is 1. The number of carbonyl (C=O) groups is 1. The monoisotopic (exact) mass is 287 g/mol. The molecule has 0 aromatic heterocycles. The van der Waals surface area contributed by atoms with Crippen molar-refractivity contribution in [2.75, 3.05) is 23.9 Å². The van der Waals surface area contributed by atoms with Gasteiger partial charge in [-0.2, -0.15) is 11.8 Å². The van der Waals surface area contributed by atoms with Gasteiger partial charge in [0, 0.05) is 10.7 Å². The zero-order chi connectivity index (χ0) is 13.4. The van der Waals surface area contributed by atoms with Crippen LogP contribution in [0.3, 0.4) is 0 Å². The smallest absolute Gasteiger partial charge is 0.328 e. The van der Waals surface area contributed by atoms with Crippen LogP contribution in [0.5, 0.6) is 0 Å². The van der Waals surface area contributed by atoms with E-state index in [1.54, 1.807) is 12.1 Å². The van der Waals surface area contributed by atoms with Crippen molar-refractivity contribution in [2.45, 2.75) is 19.4 Å². The van der Waals surface area contributed by atoms with Gasteiger partial charge in [0.05, 0.1) is 7.11 Å². The maximum Gasteiger partial charge on any atom is 0.328 e. The quantitative estimate of drug-likeness (QED) is 0.616. The van der Waals surface area contributed by atoms with Crippen LogP contribution in [0.15, 0.2) is 24.3 Å². The molecule has 0 radical (unpaired) electrons. The van der Waals surface area contributed by atoms with Crippen molar-refractivity contribution in [1.82, 2.24) is 0 Å². The Bertz CT molecular complexity index is 370. The number of esters is 1. The minimum Gasteiger partial charge on any atom is -0.467 e. The molecule has 1 atom stereocenters. The van der Waals surface area contributed by atoms with Crippen LogP contribution in [0.4, 0.5) is 5.69 Å². The normalized spacial score (nSPS) is 11.9. The first kappa shape index (κ1) is 15.2. The molecule has 100 valence electrons. The van der Waals surface area contributed by atoms with Crippen LogP contribution in [-0.2, 0) is 9.53 Å². The van der Waals surface area contributed by atoms with E-state index in [1.807, 2.05) is 23.9 Å². The summed E-state index contributed by atoms with van der Waals surface area (Å²) in [5.41, 5.74) is 0.872. The number of benzene rings is 1.